The Hall–Kier alpha value is -2.13. The summed E-state index contributed by atoms with van der Waals surface area (Å²) in [5.41, 5.74) is 1.67. The van der Waals surface area contributed by atoms with Crippen LogP contribution in [0.4, 0.5) is 0 Å². The number of amides is 1. The molecule has 1 fully saturated rings. The molecule has 1 aliphatic heterocycles. The molecule has 0 atom stereocenters. The lowest BCUT2D eigenvalue weighted by atomic mass is 10.1. The van der Waals surface area contributed by atoms with Crippen molar-refractivity contribution in [2.45, 2.75) is 13.0 Å². The molecule has 0 saturated carbocycles. The predicted octanol–water partition coefficient (Wildman–Crippen LogP) is 0.0889. The summed E-state index contributed by atoms with van der Waals surface area (Å²) >= 11 is 0. The molecule has 0 radical (unpaired) electrons. The van der Waals surface area contributed by atoms with Gasteiger partial charge in [-0.15, -0.1) is 0 Å². The van der Waals surface area contributed by atoms with E-state index >= 15 is 0 Å². The Morgan fingerprint density at radius 2 is 1.92 bits per heavy atom. The van der Waals surface area contributed by atoms with Crippen molar-refractivity contribution < 1.29 is 13.2 Å². The molecular weight excluding hydrogens is 354 g/mol. The van der Waals surface area contributed by atoms with Gasteiger partial charge in [0, 0.05) is 52.9 Å². The van der Waals surface area contributed by atoms with Crippen LogP contribution in [0, 0.1) is 0 Å². The minimum atomic E-state index is -3.06. The zero-order chi connectivity index (χ0) is 19.2. The normalized spacial score (nSPS) is 17.1. The standard InChI is InChI=1S/C17H27N5O3S/c1-18-17(19-9-11-22-10-4-12-26(22,24)25)20-13-14-5-7-15(8-6-14)16(23)21(2)3/h5-8H,4,9-13H2,1-3H3,(H2,18,19,20). The van der Waals surface area contributed by atoms with E-state index in [1.54, 1.807) is 38.2 Å². The van der Waals surface area contributed by atoms with Crippen molar-refractivity contribution in [1.29, 1.82) is 0 Å². The maximum Gasteiger partial charge on any atom is 0.253 e. The molecule has 1 amide bonds. The maximum absolute atomic E-state index is 11.9. The summed E-state index contributed by atoms with van der Waals surface area (Å²) in [7, 11) is 2.05. The highest BCUT2D eigenvalue weighted by Gasteiger charge is 2.27. The van der Waals surface area contributed by atoms with Crippen LogP contribution in [0.3, 0.4) is 0 Å². The number of carbonyl (C=O) groups excluding carboxylic acids is 1. The molecule has 0 aliphatic carbocycles. The lowest BCUT2D eigenvalue weighted by Crippen LogP contribution is -2.41. The second kappa shape index (κ2) is 9.00. The summed E-state index contributed by atoms with van der Waals surface area (Å²) in [6, 6.07) is 7.39. The lowest BCUT2D eigenvalue weighted by molar-refractivity contribution is 0.0827. The van der Waals surface area contributed by atoms with E-state index in [0.29, 0.717) is 44.1 Å². The Kier molecular flexibility index (Phi) is 6.98. The van der Waals surface area contributed by atoms with Crippen LogP contribution >= 0.6 is 0 Å². The second-order valence-corrected chi connectivity index (χ2v) is 8.41. The molecule has 1 aromatic carbocycles. The van der Waals surface area contributed by atoms with Gasteiger partial charge in [-0.2, -0.15) is 0 Å². The fraction of sp³-hybridized carbons (Fsp3) is 0.529. The molecule has 2 N–H and O–H groups in total. The molecule has 144 valence electrons. The summed E-state index contributed by atoms with van der Waals surface area (Å²) in [6.07, 6.45) is 0.696. The van der Waals surface area contributed by atoms with Gasteiger partial charge < -0.3 is 15.5 Å². The molecule has 9 heteroatoms. The highest BCUT2D eigenvalue weighted by molar-refractivity contribution is 7.89. The van der Waals surface area contributed by atoms with E-state index in [2.05, 4.69) is 15.6 Å². The summed E-state index contributed by atoms with van der Waals surface area (Å²) in [6.45, 7) is 2.08. The number of sulfonamides is 1. The minimum Gasteiger partial charge on any atom is -0.355 e. The Balaban J connectivity index is 1.79. The summed E-state index contributed by atoms with van der Waals surface area (Å²) in [5, 5.41) is 6.30. The number of nitrogens with one attached hydrogen (secondary N) is 2. The number of nitrogens with zero attached hydrogens (tertiary/aromatic N) is 3. The van der Waals surface area contributed by atoms with Crippen molar-refractivity contribution in [3.63, 3.8) is 0 Å². The van der Waals surface area contributed by atoms with Crippen LogP contribution < -0.4 is 10.6 Å². The van der Waals surface area contributed by atoms with Gasteiger partial charge in [-0.25, -0.2) is 12.7 Å². The molecule has 1 heterocycles. The lowest BCUT2D eigenvalue weighted by Gasteiger charge is -2.16. The van der Waals surface area contributed by atoms with Gasteiger partial charge in [-0.05, 0) is 24.1 Å². The first-order valence-corrected chi connectivity index (χ1v) is 10.2. The first kappa shape index (κ1) is 20.2. The van der Waals surface area contributed by atoms with Gasteiger partial charge in [0.15, 0.2) is 5.96 Å². The highest BCUT2D eigenvalue weighted by Crippen LogP contribution is 2.11. The largest absolute Gasteiger partial charge is 0.355 e. The summed E-state index contributed by atoms with van der Waals surface area (Å²) in [4.78, 5) is 17.6. The van der Waals surface area contributed by atoms with E-state index in [-0.39, 0.29) is 11.7 Å². The number of benzene rings is 1. The van der Waals surface area contributed by atoms with Gasteiger partial charge in [0.2, 0.25) is 10.0 Å². The van der Waals surface area contributed by atoms with Gasteiger partial charge >= 0.3 is 0 Å². The number of hydrogen-bond donors (Lipinski definition) is 2. The van der Waals surface area contributed by atoms with E-state index < -0.39 is 10.0 Å². The zero-order valence-corrected chi connectivity index (χ0v) is 16.3. The quantitative estimate of drug-likeness (QED) is 0.538. The first-order valence-electron chi connectivity index (χ1n) is 8.56. The molecule has 0 aromatic heterocycles. The van der Waals surface area contributed by atoms with Gasteiger partial charge in [-0.3, -0.25) is 9.79 Å². The van der Waals surface area contributed by atoms with E-state index in [1.807, 2.05) is 12.1 Å². The molecule has 26 heavy (non-hydrogen) atoms. The smallest absolute Gasteiger partial charge is 0.253 e. The van der Waals surface area contributed by atoms with Crippen LogP contribution in [0.2, 0.25) is 0 Å². The highest BCUT2D eigenvalue weighted by atomic mass is 32.2. The van der Waals surface area contributed by atoms with Gasteiger partial charge in [-0.1, -0.05) is 12.1 Å². The molecule has 1 saturated heterocycles. The summed E-state index contributed by atoms with van der Waals surface area (Å²) < 4.78 is 25.0. The van der Waals surface area contributed by atoms with Gasteiger partial charge in [0.05, 0.1) is 5.75 Å². The van der Waals surface area contributed by atoms with Crippen LogP contribution in [-0.4, -0.2) is 76.0 Å². The average Bonchev–Trinajstić information content (AvgIpc) is 2.96. The number of guanidine groups is 1. The molecule has 8 nitrogen and oxygen atoms in total. The second-order valence-electron chi connectivity index (χ2n) is 6.32. The van der Waals surface area contributed by atoms with Crippen LogP contribution in [0.5, 0.6) is 0 Å². The maximum atomic E-state index is 11.9. The third-order valence-electron chi connectivity index (χ3n) is 4.15. The third kappa shape index (κ3) is 5.43. The van der Waals surface area contributed by atoms with Gasteiger partial charge in [0.1, 0.15) is 0 Å². The fourth-order valence-corrected chi connectivity index (χ4v) is 4.20. The topological polar surface area (TPSA) is 94.1 Å². The van der Waals surface area contributed by atoms with E-state index in [0.717, 1.165) is 5.56 Å². The molecule has 0 spiro atoms. The Bertz CT molecular complexity index is 744. The number of hydrogen-bond acceptors (Lipinski definition) is 4. The van der Waals surface area contributed by atoms with E-state index in [4.69, 9.17) is 0 Å². The van der Waals surface area contributed by atoms with Crippen LogP contribution in [-0.2, 0) is 16.6 Å². The van der Waals surface area contributed by atoms with Crippen molar-refractivity contribution in [1.82, 2.24) is 19.8 Å². The van der Waals surface area contributed by atoms with Crippen LogP contribution in [0.25, 0.3) is 0 Å². The number of aliphatic imine (C=N–C) groups is 1. The number of rotatable bonds is 6. The Labute approximate surface area is 155 Å². The fourth-order valence-electron chi connectivity index (χ4n) is 2.67. The average molecular weight is 382 g/mol. The Morgan fingerprint density at radius 3 is 2.46 bits per heavy atom. The van der Waals surface area contributed by atoms with Gasteiger partial charge in [0.25, 0.3) is 5.91 Å². The minimum absolute atomic E-state index is 0.0288. The van der Waals surface area contributed by atoms with Crippen LogP contribution in [0.15, 0.2) is 29.3 Å². The van der Waals surface area contributed by atoms with E-state index in [1.165, 1.54) is 4.31 Å². The monoisotopic (exact) mass is 381 g/mol. The molecule has 1 aromatic rings. The zero-order valence-electron chi connectivity index (χ0n) is 15.5. The van der Waals surface area contributed by atoms with Crippen molar-refractivity contribution in [2.75, 3.05) is 46.5 Å². The van der Waals surface area contributed by atoms with Crippen molar-refractivity contribution >= 4 is 21.9 Å². The van der Waals surface area contributed by atoms with Crippen molar-refractivity contribution in [3.8, 4) is 0 Å². The SMILES string of the molecule is CN=C(NCCN1CCCS1(=O)=O)NCc1ccc(C(=O)N(C)C)cc1. The molecule has 1 aliphatic rings. The van der Waals surface area contributed by atoms with Crippen molar-refractivity contribution in [3.05, 3.63) is 35.4 Å². The van der Waals surface area contributed by atoms with E-state index in [9.17, 15) is 13.2 Å². The molecule has 0 unspecified atom stereocenters. The molecular formula is C17H27N5O3S. The predicted molar refractivity (Wildman–Crippen MR) is 103 cm³/mol. The summed E-state index contributed by atoms with van der Waals surface area (Å²) in [5.74, 6) is 0.820. The van der Waals surface area contributed by atoms with Crippen molar-refractivity contribution in [2.24, 2.45) is 4.99 Å². The molecule has 0 bridgehead atoms. The third-order valence-corrected chi connectivity index (χ3v) is 6.10. The number of carbonyl (C=O) groups is 1. The van der Waals surface area contributed by atoms with Crippen LogP contribution in [0.1, 0.15) is 22.3 Å². The first-order chi connectivity index (χ1) is 12.3. The molecule has 2 rings (SSSR count). The Morgan fingerprint density at radius 1 is 1.23 bits per heavy atom.